The summed E-state index contributed by atoms with van der Waals surface area (Å²) in [5.74, 6) is -0.357. The molecule has 34 heavy (non-hydrogen) atoms. The van der Waals surface area contributed by atoms with Gasteiger partial charge in [-0.15, -0.1) is 0 Å². The molecular formula is C23H29N5O4S2. The van der Waals surface area contributed by atoms with Crippen molar-refractivity contribution in [2.24, 2.45) is 0 Å². The molecule has 2 aliphatic heterocycles. The summed E-state index contributed by atoms with van der Waals surface area (Å²) in [6, 6.07) is 3.78. The summed E-state index contributed by atoms with van der Waals surface area (Å²) in [5, 5.41) is 7.42. The molecule has 2 aromatic rings. The van der Waals surface area contributed by atoms with Gasteiger partial charge in [0, 0.05) is 45.3 Å². The van der Waals surface area contributed by atoms with Crippen molar-refractivity contribution in [2.75, 3.05) is 38.1 Å². The van der Waals surface area contributed by atoms with Crippen molar-refractivity contribution in [1.29, 1.82) is 0 Å². The van der Waals surface area contributed by atoms with E-state index in [9.17, 15) is 9.59 Å². The Morgan fingerprint density at radius 1 is 1.21 bits per heavy atom. The molecule has 4 rings (SSSR count). The van der Waals surface area contributed by atoms with Crippen LogP contribution in [0.15, 0.2) is 28.0 Å². The van der Waals surface area contributed by atoms with Gasteiger partial charge in [-0.25, -0.2) is 4.98 Å². The van der Waals surface area contributed by atoms with Gasteiger partial charge in [0.2, 0.25) is 0 Å². The zero-order chi connectivity index (χ0) is 25.2. The van der Waals surface area contributed by atoms with E-state index >= 15 is 0 Å². The second-order valence-electron chi connectivity index (χ2n) is 8.54. The maximum Gasteiger partial charge on any atom is 0.300 e. The van der Waals surface area contributed by atoms with Crippen LogP contribution in [0, 0.1) is 6.92 Å². The van der Waals surface area contributed by atoms with Crippen molar-refractivity contribution in [1.82, 2.24) is 19.2 Å². The van der Waals surface area contributed by atoms with Crippen molar-refractivity contribution in [3.63, 3.8) is 0 Å². The third kappa shape index (κ3) is 5.65. The van der Waals surface area contributed by atoms with E-state index in [1.54, 1.807) is 21.6 Å². The number of carboxylic acid groups (broad SMARTS) is 1. The quantitative estimate of drug-likeness (QED) is 0.500. The van der Waals surface area contributed by atoms with Gasteiger partial charge in [0.15, 0.2) is 0 Å². The number of anilines is 1. The highest BCUT2D eigenvalue weighted by molar-refractivity contribution is 8.26. The molecule has 1 N–H and O–H groups in total. The lowest BCUT2D eigenvalue weighted by molar-refractivity contribution is -0.134. The van der Waals surface area contributed by atoms with Crippen LogP contribution >= 0.6 is 24.0 Å². The lowest BCUT2D eigenvalue weighted by Crippen LogP contribution is -2.45. The topological polar surface area (TPSA) is 98.5 Å². The molecule has 2 aromatic heterocycles. The number of hydrogen-bond donors (Lipinski definition) is 1. The van der Waals surface area contributed by atoms with Crippen molar-refractivity contribution >= 4 is 57.7 Å². The molecule has 0 unspecified atom stereocenters. The average molecular weight is 504 g/mol. The maximum atomic E-state index is 13.5. The number of fused-ring (bicyclic) bond motifs is 1. The number of carbonyl (C=O) groups is 2. The Morgan fingerprint density at radius 3 is 2.38 bits per heavy atom. The number of nitrogens with zero attached hydrogens (tertiary/aromatic N) is 5. The van der Waals surface area contributed by atoms with E-state index in [0.29, 0.717) is 26.3 Å². The average Bonchev–Trinajstić information content (AvgIpc) is 3.03. The number of rotatable bonds is 3. The van der Waals surface area contributed by atoms with Gasteiger partial charge >= 0.3 is 0 Å². The Balaban J connectivity index is 0.000000751. The highest BCUT2D eigenvalue weighted by Gasteiger charge is 2.34. The molecule has 9 nitrogen and oxygen atoms in total. The first-order valence-corrected chi connectivity index (χ1v) is 12.1. The molecular weight excluding hydrogens is 474 g/mol. The molecule has 0 aromatic carbocycles. The van der Waals surface area contributed by atoms with Crippen molar-refractivity contribution in [2.45, 2.75) is 33.7 Å². The predicted octanol–water partition coefficient (Wildman–Crippen LogP) is 2.46. The minimum Gasteiger partial charge on any atom is -0.481 e. The Bertz CT molecular complexity index is 1210. The fourth-order valence-electron chi connectivity index (χ4n) is 3.69. The highest BCUT2D eigenvalue weighted by Crippen LogP contribution is 2.34. The number of aliphatic carboxylic acids is 1. The molecule has 0 radical (unpaired) electrons. The minimum atomic E-state index is -0.833. The largest absolute Gasteiger partial charge is 0.481 e. The summed E-state index contributed by atoms with van der Waals surface area (Å²) in [5.41, 5.74) is 1.83. The summed E-state index contributed by atoms with van der Waals surface area (Å²) in [7, 11) is 2.08. The number of carbonyl (C=O) groups excluding carboxylic acids is 1. The van der Waals surface area contributed by atoms with Gasteiger partial charge in [-0.3, -0.25) is 23.7 Å². The number of pyridine rings is 1. The Kier molecular flexibility index (Phi) is 8.11. The predicted molar refractivity (Wildman–Crippen MR) is 139 cm³/mol. The SMILES string of the molecule is CC(=O)O.Cc1ccc2nc(N3CCN(C)CC3)c(C=C3SC(=S)N(C(C)C)C3=O)c(=O)n2c1. The van der Waals surface area contributed by atoms with Gasteiger partial charge in [-0.2, -0.15) is 0 Å². The zero-order valence-corrected chi connectivity index (χ0v) is 21.6. The van der Waals surface area contributed by atoms with Crippen LogP contribution in [0.4, 0.5) is 5.82 Å². The number of carboxylic acids is 1. The van der Waals surface area contributed by atoms with Gasteiger partial charge in [-0.05, 0) is 45.5 Å². The van der Waals surface area contributed by atoms with Gasteiger partial charge < -0.3 is 14.9 Å². The van der Waals surface area contributed by atoms with Crippen molar-refractivity contribution in [3.8, 4) is 0 Å². The third-order valence-corrected chi connectivity index (χ3v) is 6.73. The summed E-state index contributed by atoms with van der Waals surface area (Å²) in [4.78, 5) is 46.7. The Morgan fingerprint density at radius 2 is 1.82 bits per heavy atom. The fourth-order valence-corrected chi connectivity index (χ4v) is 5.19. The minimum absolute atomic E-state index is 0.0287. The summed E-state index contributed by atoms with van der Waals surface area (Å²) in [6.07, 6.45) is 3.47. The van der Waals surface area contributed by atoms with Crippen LogP contribution in [-0.4, -0.2) is 79.8 Å². The fraction of sp³-hybridized carbons (Fsp3) is 0.435. The standard InChI is InChI=1S/C21H25N5O2S2.C2H4O2/c1-13(2)26-20(28)16(30-21(26)29)11-15-18(24-9-7-23(4)8-10-24)22-17-6-5-14(3)12-25(17)19(15)27;1-2(3)4/h5-6,11-13H,7-10H2,1-4H3;1H3,(H,3,4). The normalized spacial score (nSPS) is 18.1. The Labute approximate surface area is 208 Å². The number of likely N-dealkylation sites (N-methyl/N-ethyl adjacent to an activating group) is 1. The number of aromatic nitrogens is 2. The molecule has 2 fully saturated rings. The number of piperazine rings is 1. The summed E-state index contributed by atoms with van der Waals surface area (Å²) < 4.78 is 2.08. The monoisotopic (exact) mass is 503 g/mol. The van der Waals surface area contributed by atoms with Crippen LogP contribution in [0.25, 0.3) is 11.7 Å². The molecule has 2 aliphatic rings. The van der Waals surface area contributed by atoms with Crippen LogP contribution in [-0.2, 0) is 9.59 Å². The number of amides is 1. The lowest BCUT2D eigenvalue weighted by Gasteiger charge is -2.34. The summed E-state index contributed by atoms with van der Waals surface area (Å²) in [6.45, 7) is 10.2. The molecule has 0 bridgehead atoms. The molecule has 1 amide bonds. The molecule has 4 heterocycles. The molecule has 0 spiro atoms. The van der Waals surface area contributed by atoms with E-state index in [0.717, 1.165) is 38.7 Å². The first-order valence-electron chi connectivity index (χ1n) is 10.9. The van der Waals surface area contributed by atoms with Gasteiger partial charge in [0.1, 0.15) is 15.8 Å². The molecule has 2 saturated heterocycles. The molecule has 0 aliphatic carbocycles. The number of hydrogen-bond acceptors (Lipinski definition) is 8. The molecule has 0 atom stereocenters. The van der Waals surface area contributed by atoms with Crippen molar-refractivity contribution < 1.29 is 14.7 Å². The second-order valence-corrected chi connectivity index (χ2v) is 10.2. The van der Waals surface area contributed by atoms with Crippen LogP contribution < -0.4 is 10.5 Å². The number of thioether (sulfide) groups is 1. The van der Waals surface area contributed by atoms with E-state index in [2.05, 4.69) is 16.8 Å². The second kappa shape index (κ2) is 10.7. The van der Waals surface area contributed by atoms with E-state index in [4.69, 9.17) is 27.1 Å². The number of aryl methyl sites for hydroxylation is 1. The van der Waals surface area contributed by atoms with Gasteiger partial charge in [-0.1, -0.05) is 30.0 Å². The first kappa shape index (κ1) is 25.9. The summed E-state index contributed by atoms with van der Waals surface area (Å²) >= 11 is 6.64. The van der Waals surface area contributed by atoms with E-state index in [-0.39, 0.29) is 17.5 Å². The van der Waals surface area contributed by atoms with E-state index < -0.39 is 5.97 Å². The van der Waals surface area contributed by atoms with Gasteiger partial charge in [0.25, 0.3) is 17.4 Å². The smallest absolute Gasteiger partial charge is 0.300 e. The van der Waals surface area contributed by atoms with E-state index in [1.807, 2.05) is 32.9 Å². The number of thiocarbonyl (C=S) groups is 1. The van der Waals surface area contributed by atoms with Crippen LogP contribution in [0.5, 0.6) is 0 Å². The molecule has 0 saturated carbocycles. The van der Waals surface area contributed by atoms with Gasteiger partial charge in [0.05, 0.1) is 10.5 Å². The first-order chi connectivity index (χ1) is 16.0. The lowest BCUT2D eigenvalue weighted by atomic mass is 10.2. The third-order valence-electron chi connectivity index (χ3n) is 5.40. The van der Waals surface area contributed by atoms with Crippen LogP contribution in [0.3, 0.4) is 0 Å². The Hall–Kier alpha value is -2.76. The van der Waals surface area contributed by atoms with Crippen LogP contribution in [0.1, 0.15) is 31.9 Å². The highest BCUT2D eigenvalue weighted by atomic mass is 32.2. The van der Waals surface area contributed by atoms with Crippen molar-refractivity contribution in [3.05, 3.63) is 44.7 Å². The molecule has 182 valence electrons. The van der Waals surface area contributed by atoms with E-state index in [1.165, 1.54) is 11.8 Å². The molecule has 11 heteroatoms. The van der Waals surface area contributed by atoms with Crippen LogP contribution in [0.2, 0.25) is 0 Å². The zero-order valence-electron chi connectivity index (χ0n) is 19.9. The maximum absolute atomic E-state index is 13.5.